The molecule has 0 N–H and O–H groups in total. The van der Waals surface area contributed by atoms with Crippen molar-refractivity contribution in [1.29, 1.82) is 0 Å². The van der Waals surface area contributed by atoms with Crippen LogP contribution in [0.25, 0.3) is 0 Å². The van der Waals surface area contributed by atoms with Crippen molar-refractivity contribution in [2.24, 2.45) is 0 Å². The van der Waals surface area contributed by atoms with Crippen LogP contribution < -0.4 is 42.0 Å². The largest absolute Gasteiger partial charge is 1.00 e. The molecule has 0 nitrogen and oxygen atoms in total. The van der Waals surface area contributed by atoms with Crippen LogP contribution in [0.1, 0.15) is 33.1 Å². The van der Waals surface area contributed by atoms with E-state index < -0.39 is 0 Å². The summed E-state index contributed by atoms with van der Waals surface area (Å²) in [4.78, 5) is 0. The van der Waals surface area contributed by atoms with Crippen molar-refractivity contribution in [1.82, 2.24) is 0 Å². The van der Waals surface area contributed by atoms with E-state index in [9.17, 15) is 0 Å². The van der Waals surface area contributed by atoms with Crippen LogP contribution in [0.2, 0.25) is 0 Å². The van der Waals surface area contributed by atoms with E-state index in [1.807, 2.05) is 0 Å². The number of hydrogen-bond donors (Lipinski definition) is 0. The first-order chi connectivity index (χ1) is 2.41. The van der Waals surface area contributed by atoms with Crippen LogP contribution in [0, 0.1) is 0 Å². The van der Waals surface area contributed by atoms with Crippen LogP contribution in [0.3, 0.4) is 0 Å². The van der Waals surface area contributed by atoms with Gasteiger partial charge in [0.2, 0.25) is 0 Å². The van der Waals surface area contributed by atoms with E-state index in [0.29, 0.717) is 0 Å². The van der Waals surface area contributed by atoms with Gasteiger partial charge in [0, 0.05) is 0 Å². The molecule has 0 rings (SSSR count). The second-order valence-corrected chi connectivity index (χ2v) is 1.35. The molecule has 0 saturated heterocycles. The fourth-order valence-electron chi connectivity index (χ4n) is 0.354. The molecule has 0 spiro atoms. The molecular formula is C5H12ClNa. The van der Waals surface area contributed by atoms with Crippen molar-refractivity contribution >= 4 is 0 Å². The first kappa shape index (κ1) is 15.7. The Balaban J connectivity index is -0.0000000800. The maximum atomic E-state index is 2.21. The van der Waals surface area contributed by atoms with Gasteiger partial charge in [-0.1, -0.05) is 33.1 Å². The molecule has 0 aromatic rings. The van der Waals surface area contributed by atoms with Gasteiger partial charge < -0.3 is 12.4 Å². The normalized spacial score (nSPS) is 6.00. The Hall–Kier alpha value is 1.29. The monoisotopic (exact) mass is 130 g/mol. The predicted octanol–water partition coefficient (Wildman–Crippen LogP) is -3.80. The van der Waals surface area contributed by atoms with Gasteiger partial charge in [-0.05, 0) is 0 Å². The minimum atomic E-state index is 0. The molecule has 0 atom stereocenters. The quantitative estimate of drug-likeness (QED) is 0.337. The summed E-state index contributed by atoms with van der Waals surface area (Å²) in [5.41, 5.74) is 0. The Morgan fingerprint density at radius 1 is 1.00 bits per heavy atom. The molecule has 0 saturated carbocycles. The zero-order chi connectivity index (χ0) is 4.12. The molecule has 0 aromatic heterocycles. The molecule has 0 radical (unpaired) electrons. The van der Waals surface area contributed by atoms with Gasteiger partial charge in [-0.25, -0.2) is 0 Å². The van der Waals surface area contributed by atoms with E-state index in [1.54, 1.807) is 0 Å². The summed E-state index contributed by atoms with van der Waals surface area (Å²) >= 11 is 0. The van der Waals surface area contributed by atoms with Crippen LogP contribution in [0.15, 0.2) is 0 Å². The van der Waals surface area contributed by atoms with E-state index in [0.717, 1.165) is 0 Å². The maximum Gasteiger partial charge on any atom is 1.00 e. The Kier molecular flexibility index (Phi) is 35.2. The second kappa shape index (κ2) is 15.7. The fourth-order valence-corrected chi connectivity index (χ4v) is 0.354. The van der Waals surface area contributed by atoms with Crippen molar-refractivity contribution in [3.8, 4) is 0 Å². The summed E-state index contributed by atoms with van der Waals surface area (Å²) in [7, 11) is 0. The Morgan fingerprint density at radius 2 is 1.29 bits per heavy atom. The molecule has 0 amide bonds. The van der Waals surface area contributed by atoms with Crippen molar-refractivity contribution in [2.45, 2.75) is 33.1 Å². The van der Waals surface area contributed by atoms with E-state index >= 15 is 0 Å². The van der Waals surface area contributed by atoms with Gasteiger partial charge in [-0.3, -0.25) is 0 Å². The summed E-state index contributed by atoms with van der Waals surface area (Å²) in [6.45, 7) is 4.42. The van der Waals surface area contributed by atoms with Crippen molar-refractivity contribution < 1.29 is 42.0 Å². The maximum absolute atomic E-state index is 2.21. The van der Waals surface area contributed by atoms with E-state index in [2.05, 4.69) is 13.8 Å². The predicted molar refractivity (Wildman–Crippen MR) is 25.2 cm³/mol. The zero-order valence-electron chi connectivity index (χ0n) is 5.50. The summed E-state index contributed by atoms with van der Waals surface area (Å²) < 4.78 is 0. The average molecular weight is 131 g/mol. The van der Waals surface area contributed by atoms with Crippen molar-refractivity contribution in [2.75, 3.05) is 0 Å². The molecule has 40 valence electrons. The second-order valence-electron chi connectivity index (χ2n) is 1.35. The van der Waals surface area contributed by atoms with E-state index in [-0.39, 0.29) is 42.0 Å². The number of rotatable bonds is 2. The van der Waals surface area contributed by atoms with Gasteiger partial charge in [0.25, 0.3) is 0 Å². The third-order valence-electron chi connectivity index (χ3n) is 0.707. The molecule has 0 aromatic carbocycles. The molecule has 7 heavy (non-hydrogen) atoms. The van der Waals surface area contributed by atoms with Gasteiger partial charge in [0.1, 0.15) is 0 Å². The number of halogens is 1. The molecule has 0 unspecified atom stereocenters. The fraction of sp³-hybridized carbons (Fsp3) is 1.00. The Morgan fingerprint density at radius 3 is 1.29 bits per heavy atom. The summed E-state index contributed by atoms with van der Waals surface area (Å²) in [6.07, 6.45) is 4.08. The Labute approximate surface area is 74.8 Å². The smallest absolute Gasteiger partial charge is 1.00 e. The molecule has 0 fully saturated rings. The van der Waals surface area contributed by atoms with Crippen LogP contribution in [-0.2, 0) is 0 Å². The molecule has 0 aliphatic rings. The van der Waals surface area contributed by atoms with Crippen LogP contribution in [0.4, 0.5) is 0 Å². The third-order valence-corrected chi connectivity index (χ3v) is 0.707. The number of hydrogen-bond acceptors (Lipinski definition) is 0. The van der Waals surface area contributed by atoms with Crippen molar-refractivity contribution in [3.05, 3.63) is 0 Å². The standard InChI is InChI=1S/C5H12.ClH.Na/c1-3-5-4-2;;/h3-5H2,1-2H3;1H;/q;;+1/p-1. The first-order valence-corrected chi connectivity index (χ1v) is 2.41. The molecule has 0 heterocycles. The summed E-state index contributed by atoms with van der Waals surface area (Å²) in [5.74, 6) is 0. The van der Waals surface area contributed by atoms with Gasteiger partial charge in [0.05, 0.1) is 0 Å². The summed E-state index contributed by atoms with van der Waals surface area (Å²) in [5, 5.41) is 0. The third kappa shape index (κ3) is 18.8. The minimum absolute atomic E-state index is 0. The minimum Gasteiger partial charge on any atom is -1.00 e. The van der Waals surface area contributed by atoms with E-state index in [1.165, 1.54) is 19.3 Å². The molecule has 0 aliphatic heterocycles. The molecule has 0 bridgehead atoms. The zero-order valence-corrected chi connectivity index (χ0v) is 8.26. The van der Waals surface area contributed by atoms with Gasteiger partial charge in [0.15, 0.2) is 0 Å². The van der Waals surface area contributed by atoms with E-state index in [4.69, 9.17) is 0 Å². The SMILES string of the molecule is CCCCC.[Cl-].[Na+]. The Bertz CT molecular complexity index is 15.6. The van der Waals surface area contributed by atoms with Crippen LogP contribution >= 0.6 is 0 Å². The topological polar surface area (TPSA) is 0 Å². The molecule has 0 aliphatic carbocycles. The van der Waals surface area contributed by atoms with Crippen LogP contribution in [0.5, 0.6) is 0 Å². The van der Waals surface area contributed by atoms with Gasteiger partial charge in [-0.2, -0.15) is 0 Å². The van der Waals surface area contributed by atoms with Gasteiger partial charge >= 0.3 is 29.6 Å². The van der Waals surface area contributed by atoms with Crippen molar-refractivity contribution in [3.63, 3.8) is 0 Å². The average Bonchev–Trinajstić information content (AvgIpc) is 1.41. The first-order valence-electron chi connectivity index (χ1n) is 2.41. The summed E-state index contributed by atoms with van der Waals surface area (Å²) in [6, 6.07) is 0. The molecular weight excluding hydrogens is 118 g/mol. The number of unbranched alkanes of at least 4 members (excludes halogenated alkanes) is 2. The van der Waals surface area contributed by atoms with Crippen LogP contribution in [-0.4, -0.2) is 0 Å². The van der Waals surface area contributed by atoms with Gasteiger partial charge in [-0.15, -0.1) is 0 Å². The molecule has 2 heteroatoms.